The van der Waals surface area contributed by atoms with Crippen LogP contribution in [0, 0.1) is 5.82 Å². The molecule has 5 nitrogen and oxygen atoms in total. The van der Waals surface area contributed by atoms with Crippen molar-refractivity contribution in [3.05, 3.63) is 52.0 Å². The third-order valence-electron chi connectivity index (χ3n) is 4.14. The Labute approximate surface area is 147 Å². The SMILES string of the molecule is CC(=O)c1ccc(N2CCN(C(=O)c3cc(Br)c[nH]3)CC2)c(F)c1. The van der Waals surface area contributed by atoms with Gasteiger partial charge < -0.3 is 14.8 Å². The van der Waals surface area contributed by atoms with Crippen LogP contribution in [-0.2, 0) is 0 Å². The first-order valence-corrected chi connectivity index (χ1v) is 8.43. The van der Waals surface area contributed by atoms with Gasteiger partial charge in [-0.1, -0.05) is 0 Å². The third kappa shape index (κ3) is 3.36. The van der Waals surface area contributed by atoms with Gasteiger partial charge in [-0.3, -0.25) is 9.59 Å². The monoisotopic (exact) mass is 393 g/mol. The van der Waals surface area contributed by atoms with Crippen LogP contribution < -0.4 is 4.90 Å². The number of anilines is 1. The highest BCUT2D eigenvalue weighted by atomic mass is 79.9. The molecule has 1 fully saturated rings. The summed E-state index contributed by atoms with van der Waals surface area (Å²) in [4.78, 5) is 30.3. The molecule has 3 rings (SSSR count). The molecule has 0 saturated carbocycles. The van der Waals surface area contributed by atoms with Crippen LogP contribution in [0.2, 0.25) is 0 Å². The molecule has 1 aliphatic rings. The quantitative estimate of drug-likeness (QED) is 0.815. The first-order valence-electron chi connectivity index (χ1n) is 7.64. The number of aromatic amines is 1. The highest BCUT2D eigenvalue weighted by Gasteiger charge is 2.24. The molecule has 0 atom stereocenters. The molecule has 2 aromatic rings. The van der Waals surface area contributed by atoms with E-state index in [4.69, 9.17) is 0 Å². The molecule has 0 spiro atoms. The third-order valence-corrected chi connectivity index (χ3v) is 4.60. The van der Waals surface area contributed by atoms with Gasteiger partial charge in [-0.05, 0) is 47.1 Å². The van der Waals surface area contributed by atoms with Gasteiger partial charge in [0, 0.05) is 42.4 Å². The first-order chi connectivity index (χ1) is 11.5. The molecule has 0 radical (unpaired) electrons. The van der Waals surface area contributed by atoms with E-state index in [9.17, 15) is 14.0 Å². The number of halogens is 2. The summed E-state index contributed by atoms with van der Waals surface area (Å²) in [6, 6.07) is 6.28. The van der Waals surface area contributed by atoms with Gasteiger partial charge in [0.25, 0.3) is 5.91 Å². The van der Waals surface area contributed by atoms with E-state index in [1.165, 1.54) is 13.0 Å². The van der Waals surface area contributed by atoms with Gasteiger partial charge in [0.1, 0.15) is 11.5 Å². The van der Waals surface area contributed by atoms with Crippen LogP contribution in [0.25, 0.3) is 0 Å². The average molecular weight is 394 g/mol. The summed E-state index contributed by atoms with van der Waals surface area (Å²) in [6.45, 7) is 3.54. The summed E-state index contributed by atoms with van der Waals surface area (Å²) in [5.41, 5.74) is 1.37. The molecule has 0 unspecified atom stereocenters. The van der Waals surface area contributed by atoms with E-state index in [2.05, 4.69) is 20.9 Å². The minimum absolute atomic E-state index is 0.0623. The summed E-state index contributed by atoms with van der Waals surface area (Å²) in [5, 5.41) is 0. The Morgan fingerprint density at radius 2 is 1.88 bits per heavy atom. The van der Waals surface area contributed by atoms with Crippen molar-refractivity contribution in [3.63, 3.8) is 0 Å². The van der Waals surface area contributed by atoms with Crippen LogP contribution >= 0.6 is 15.9 Å². The molecular weight excluding hydrogens is 377 g/mol. The number of piperazine rings is 1. The Hall–Kier alpha value is -2.15. The second-order valence-corrected chi connectivity index (χ2v) is 6.65. The number of Topliss-reactive ketones (excluding diaryl/α,β-unsaturated/α-hetero) is 1. The first kappa shape index (κ1) is 16.7. The second kappa shape index (κ2) is 6.76. The summed E-state index contributed by atoms with van der Waals surface area (Å²) in [5.74, 6) is -0.628. The number of amides is 1. The summed E-state index contributed by atoms with van der Waals surface area (Å²) >= 11 is 3.31. The smallest absolute Gasteiger partial charge is 0.270 e. The lowest BCUT2D eigenvalue weighted by Crippen LogP contribution is -2.49. The van der Waals surface area contributed by atoms with Crippen LogP contribution in [0.15, 0.2) is 34.9 Å². The van der Waals surface area contributed by atoms with Crippen LogP contribution in [-0.4, -0.2) is 47.8 Å². The maximum atomic E-state index is 14.2. The summed E-state index contributed by atoms with van der Waals surface area (Å²) < 4.78 is 15.1. The maximum Gasteiger partial charge on any atom is 0.270 e. The molecule has 0 bridgehead atoms. The molecule has 1 saturated heterocycles. The number of hydrogen-bond acceptors (Lipinski definition) is 3. The fraction of sp³-hybridized carbons (Fsp3) is 0.294. The molecule has 1 N–H and O–H groups in total. The number of benzene rings is 1. The van der Waals surface area contributed by atoms with Crippen molar-refractivity contribution >= 4 is 33.3 Å². The van der Waals surface area contributed by atoms with Crippen molar-refractivity contribution < 1.29 is 14.0 Å². The Balaban J connectivity index is 1.67. The number of hydrogen-bond donors (Lipinski definition) is 1. The average Bonchev–Trinajstić information content (AvgIpc) is 3.00. The van der Waals surface area contributed by atoms with Crippen LogP contribution in [0.5, 0.6) is 0 Å². The highest BCUT2D eigenvalue weighted by Crippen LogP contribution is 2.23. The van der Waals surface area contributed by atoms with Gasteiger partial charge in [-0.15, -0.1) is 0 Å². The zero-order valence-electron chi connectivity index (χ0n) is 13.2. The number of H-pyrrole nitrogens is 1. The van der Waals surface area contributed by atoms with Crippen molar-refractivity contribution in [2.45, 2.75) is 6.92 Å². The lowest BCUT2D eigenvalue weighted by atomic mass is 10.1. The molecule has 1 aromatic carbocycles. The second-order valence-electron chi connectivity index (χ2n) is 5.73. The molecule has 0 aliphatic carbocycles. The van der Waals surface area contributed by atoms with Crippen molar-refractivity contribution in [1.82, 2.24) is 9.88 Å². The summed E-state index contributed by atoms with van der Waals surface area (Å²) in [6.07, 6.45) is 1.72. The molecule has 1 amide bonds. The maximum absolute atomic E-state index is 14.2. The number of rotatable bonds is 3. The molecular formula is C17H17BrFN3O2. The zero-order valence-corrected chi connectivity index (χ0v) is 14.8. The lowest BCUT2D eigenvalue weighted by Gasteiger charge is -2.36. The Kier molecular flexibility index (Phi) is 4.71. The number of nitrogens with one attached hydrogen (secondary N) is 1. The standard InChI is InChI=1S/C17H17BrFN3O2/c1-11(23)12-2-3-16(14(19)8-12)21-4-6-22(7-5-21)17(24)15-9-13(18)10-20-15/h2-3,8-10,20H,4-7H2,1H3. The highest BCUT2D eigenvalue weighted by molar-refractivity contribution is 9.10. The number of aromatic nitrogens is 1. The Morgan fingerprint density at radius 3 is 2.42 bits per heavy atom. The van der Waals surface area contributed by atoms with E-state index >= 15 is 0 Å². The number of nitrogens with zero attached hydrogens (tertiary/aromatic N) is 2. The van der Waals surface area contributed by atoms with Gasteiger partial charge >= 0.3 is 0 Å². The van der Waals surface area contributed by atoms with E-state index in [0.717, 1.165) is 4.47 Å². The molecule has 1 aromatic heterocycles. The van der Waals surface area contributed by atoms with Crippen LogP contribution in [0.4, 0.5) is 10.1 Å². The van der Waals surface area contributed by atoms with Crippen LogP contribution in [0.3, 0.4) is 0 Å². The van der Waals surface area contributed by atoms with Crippen molar-refractivity contribution in [2.24, 2.45) is 0 Å². The van der Waals surface area contributed by atoms with Crippen molar-refractivity contribution in [2.75, 3.05) is 31.1 Å². The van der Waals surface area contributed by atoms with E-state index in [0.29, 0.717) is 43.1 Å². The molecule has 24 heavy (non-hydrogen) atoms. The van der Waals surface area contributed by atoms with E-state index < -0.39 is 5.82 Å². The summed E-state index contributed by atoms with van der Waals surface area (Å²) in [7, 11) is 0. The largest absolute Gasteiger partial charge is 0.366 e. The van der Waals surface area contributed by atoms with Gasteiger partial charge in [0.15, 0.2) is 5.78 Å². The molecule has 7 heteroatoms. The van der Waals surface area contributed by atoms with Crippen LogP contribution in [0.1, 0.15) is 27.8 Å². The zero-order chi connectivity index (χ0) is 17.3. The Bertz CT molecular complexity index is 782. The minimum Gasteiger partial charge on any atom is -0.366 e. The van der Waals surface area contributed by atoms with Gasteiger partial charge in [0.2, 0.25) is 0 Å². The number of ketones is 1. The van der Waals surface area contributed by atoms with E-state index in [1.807, 2.05) is 4.90 Å². The van der Waals surface area contributed by atoms with Gasteiger partial charge in [-0.2, -0.15) is 0 Å². The Morgan fingerprint density at radius 1 is 1.17 bits per heavy atom. The normalized spacial score (nSPS) is 14.8. The van der Waals surface area contributed by atoms with Gasteiger partial charge in [-0.25, -0.2) is 4.39 Å². The predicted molar refractivity (Wildman–Crippen MR) is 93.0 cm³/mol. The molecule has 126 valence electrons. The van der Waals surface area contributed by atoms with Gasteiger partial charge in [0.05, 0.1) is 5.69 Å². The predicted octanol–water partition coefficient (Wildman–Crippen LogP) is 3.08. The molecule has 2 heterocycles. The van der Waals surface area contributed by atoms with Crippen molar-refractivity contribution in [3.8, 4) is 0 Å². The van der Waals surface area contributed by atoms with E-state index in [-0.39, 0.29) is 11.7 Å². The fourth-order valence-corrected chi connectivity index (χ4v) is 3.14. The topological polar surface area (TPSA) is 56.4 Å². The van der Waals surface area contributed by atoms with Crippen molar-refractivity contribution in [1.29, 1.82) is 0 Å². The van der Waals surface area contributed by atoms with E-state index in [1.54, 1.807) is 29.3 Å². The number of carbonyl (C=O) groups is 2. The molecule has 1 aliphatic heterocycles. The number of carbonyl (C=O) groups excluding carboxylic acids is 2. The lowest BCUT2D eigenvalue weighted by molar-refractivity contribution is 0.0741. The fourth-order valence-electron chi connectivity index (χ4n) is 2.79. The minimum atomic E-state index is -0.407.